The van der Waals surface area contributed by atoms with E-state index in [4.69, 9.17) is 9.47 Å². The van der Waals surface area contributed by atoms with Crippen molar-refractivity contribution >= 4 is 21.8 Å². The van der Waals surface area contributed by atoms with Gasteiger partial charge in [0.25, 0.3) is 0 Å². The molecule has 4 nitrogen and oxygen atoms in total. The van der Waals surface area contributed by atoms with Crippen molar-refractivity contribution in [2.24, 2.45) is 0 Å². The summed E-state index contributed by atoms with van der Waals surface area (Å²) >= 11 is 3.47. The van der Waals surface area contributed by atoms with Gasteiger partial charge in [-0.1, -0.05) is 28.1 Å². The Morgan fingerprint density at radius 1 is 1.25 bits per heavy atom. The molecule has 1 aromatic rings. The van der Waals surface area contributed by atoms with E-state index < -0.39 is 11.2 Å². The Balaban J connectivity index is 2.41. The maximum absolute atomic E-state index is 12.7. The van der Waals surface area contributed by atoms with Crippen LogP contribution in [0.15, 0.2) is 28.7 Å². The highest BCUT2D eigenvalue weighted by Gasteiger charge is 2.61. The minimum Gasteiger partial charge on any atom is -0.353 e. The zero-order valence-electron chi connectivity index (χ0n) is 12.3. The molecule has 0 radical (unpaired) electrons. The van der Waals surface area contributed by atoms with Crippen molar-refractivity contribution in [3.05, 3.63) is 34.3 Å². The van der Waals surface area contributed by atoms with Crippen LogP contribution in [0.5, 0.6) is 0 Å². The number of likely N-dealkylation sites (N-methyl/N-ethyl adjacent to an activating group) is 1. The molecule has 1 saturated carbocycles. The zero-order chi connectivity index (χ0) is 15.0. The first-order chi connectivity index (χ1) is 9.39. The van der Waals surface area contributed by atoms with Crippen LogP contribution in [0.3, 0.4) is 0 Å². The monoisotopic (exact) mass is 341 g/mol. The van der Waals surface area contributed by atoms with Crippen LogP contribution in [0, 0.1) is 0 Å². The van der Waals surface area contributed by atoms with Gasteiger partial charge in [0.2, 0.25) is 5.91 Å². The summed E-state index contributed by atoms with van der Waals surface area (Å²) in [6.07, 6.45) is 1.06. The first-order valence-corrected chi connectivity index (χ1v) is 7.26. The number of methoxy groups -OCH3 is 2. The minimum absolute atomic E-state index is 0.0836. The van der Waals surface area contributed by atoms with Gasteiger partial charge in [-0.2, -0.15) is 0 Å². The lowest BCUT2D eigenvalue weighted by Crippen LogP contribution is -2.62. The summed E-state index contributed by atoms with van der Waals surface area (Å²) in [6, 6.07) is 7.89. The van der Waals surface area contributed by atoms with E-state index >= 15 is 0 Å². The van der Waals surface area contributed by atoms with Gasteiger partial charge < -0.3 is 14.4 Å². The Hall–Kier alpha value is -0.910. The van der Waals surface area contributed by atoms with Crippen molar-refractivity contribution < 1.29 is 14.3 Å². The maximum atomic E-state index is 12.7. The lowest BCUT2D eigenvalue weighted by Gasteiger charge is -2.53. The molecule has 110 valence electrons. The van der Waals surface area contributed by atoms with Gasteiger partial charge in [0, 0.05) is 45.6 Å². The molecular formula is C15H20BrNO3. The topological polar surface area (TPSA) is 38.8 Å². The molecule has 1 aliphatic rings. The fourth-order valence-corrected chi connectivity index (χ4v) is 3.33. The number of nitrogens with zero attached hydrogens (tertiary/aromatic N) is 1. The molecule has 0 aliphatic heterocycles. The van der Waals surface area contributed by atoms with Crippen molar-refractivity contribution in [1.29, 1.82) is 0 Å². The first kappa shape index (κ1) is 15.5. The Bertz CT molecular complexity index is 504. The molecule has 0 heterocycles. The number of carbonyl (C=O) groups is 1. The Kier molecular flexibility index (Phi) is 4.23. The smallest absolute Gasteiger partial charge is 0.233 e. The summed E-state index contributed by atoms with van der Waals surface area (Å²) in [7, 11) is 6.80. The van der Waals surface area contributed by atoms with Gasteiger partial charge in [0.15, 0.2) is 5.79 Å². The molecule has 2 rings (SSSR count). The molecule has 5 heteroatoms. The van der Waals surface area contributed by atoms with Crippen molar-refractivity contribution in [3.8, 4) is 0 Å². The molecule has 0 saturated heterocycles. The largest absolute Gasteiger partial charge is 0.353 e. The normalized spacial score (nSPS) is 19.2. The summed E-state index contributed by atoms with van der Waals surface area (Å²) in [4.78, 5) is 14.3. The van der Waals surface area contributed by atoms with E-state index in [0.717, 1.165) is 10.0 Å². The van der Waals surface area contributed by atoms with Crippen LogP contribution in [0.2, 0.25) is 0 Å². The van der Waals surface area contributed by atoms with Crippen LogP contribution in [0.4, 0.5) is 0 Å². The fraction of sp³-hybridized carbons (Fsp3) is 0.533. The average Bonchev–Trinajstić information content (AvgIpc) is 2.38. The van der Waals surface area contributed by atoms with E-state index in [1.165, 1.54) is 0 Å². The number of halogens is 1. The number of amides is 1. The molecule has 0 atom stereocenters. The first-order valence-electron chi connectivity index (χ1n) is 6.47. The number of hydrogen-bond donors (Lipinski definition) is 0. The Labute approximate surface area is 128 Å². The van der Waals surface area contributed by atoms with E-state index in [2.05, 4.69) is 15.9 Å². The van der Waals surface area contributed by atoms with Crippen LogP contribution in [-0.4, -0.2) is 44.9 Å². The number of benzene rings is 1. The van der Waals surface area contributed by atoms with E-state index in [1.54, 1.807) is 33.2 Å². The summed E-state index contributed by atoms with van der Waals surface area (Å²) in [5.41, 5.74) is 0.426. The molecule has 1 aromatic carbocycles. The Morgan fingerprint density at radius 3 is 2.30 bits per heavy atom. The maximum Gasteiger partial charge on any atom is 0.233 e. The van der Waals surface area contributed by atoms with E-state index in [-0.39, 0.29) is 5.91 Å². The predicted molar refractivity (Wildman–Crippen MR) is 80.5 cm³/mol. The summed E-state index contributed by atoms with van der Waals surface area (Å²) in [6.45, 7) is 0. The van der Waals surface area contributed by atoms with Crippen LogP contribution < -0.4 is 0 Å². The van der Waals surface area contributed by atoms with Gasteiger partial charge in [-0.3, -0.25) is 4.79 Å². The quantitative estimate of drug-likeness (QED) is 0.790. The van der Waals surface area contributed by atoms with Gasteiger partial charge in [0.05, 0.1) is 5.41 Å². The Morgan fingerprint density at radius 2 is 1.85 bits per heavy atom. The number of carbonyl (C=O) groups excluding carboxylic acids is 1. The van der Waals surface area contributed by atoms with E-state index in [9.17, 15) is 4.79 Å². The van der Waals surface area contributed by atoms with Gasteiger partial charge in [-0.25, -0.2) is 0 Å². The van der Waals surface area contributed by atoms with Crippen molar-refractivity contribution in [2.75, 3.05) is 28.3 Å². The number of hydrogen-bond acceptors (Lipinski definition) is 3. The molecule has 0 spiro atoms. The highest BCUT2D eigenvalue weighted by molar-refractivity contribution is 9.10. The van der Waals surface area contributed by atoms with Crippen molar-refractivity contribution in [2.45, 2.75) is 24.0 Å². The van der Waals surface area contributed by atoms with Crippen molar-refractivity contribution in [1.82, 2.24) is 4.90 Å². The van der Waals surface area contributed by atoms with Crippen LogP contribution >= 0.6 is 15.9 Å². The molecule has 0 N–H and O–H groups in total. The summed E-state index contributed by atoms with van der Waals surface area (Å²) in [5.74, 6) is -0.575. The molecule has 1 fully saturated rings. The SMILES string of the molecule is COC1(OC)CC(C(=O)N(C)C)(c2cccc(Br)c2)C1. The lowest BCUT2D eigenvalue weighted by molar-refractivity contribution is -0.276. The lowest BCUT2D eigenvalue weighted by atomic mass is 9.59. The highest BCUT2D eigenvalue weighted by atomic mass is 79.9. The van der Waals surface area contributed by atoms with Crippen LogP contribution in [-0.2, 0) is 19.7 Å². The number of rotatable bonds is 4. The standard InChI is InChI=1S/C15H20BrNO3/c1-17(2)13(18)14(9-15(10-14,19-3)20-4)11-6-5-7-12(16)8-11/h5-8H,9-10H2,1-4H3. The second-order valence-electron chi connectivity index (χ2n) is 5.46. The zero-order valence-corrected chi connectivity index (χ0v) is 13.9. The van der Waals surface area contributed by atoms with Crippen LogP contribution in [0.1, 0.15) is 18.4 Å². The predicted octanol–water partition coefficient (Wildman–Crippen LogP) is 2.56. The van der Waals surface area contributed by atoms with Gasteiger partial charge in [-0.05, 0) is 17.7 Å². The fourth-order valence-electron chi connectivity index (χ4n) is 2.93. The van der Waals surface area contributed by atoms with Gasteiger partial charge in [0.1, 0.15) is 0 Å². The summed E-state index contributed by atoms with van der Waals surface area (Å²) in [5, 5.41) is 0. The third kappa shape index (κ3) is 2.38. The molecular weight excluding hydrogens is 322 g/mol. The van der Waals surface area contributed by atoms with Crippen molar-refractivity contribution in [3.63, 3.8) is 0 Å². The van der Waals surface area contributed by atoms with E-state index in [0.29, 0.717) is 12.8 Å². The third-order valence-electron chi connectivity index (χ3n) is 4.08. The molecule has 0 aromatic heterocycles. The summed E-state index contributed by atoms with van der Waals surface area (Å²) < 4.78 is 11.9. The third-order valence-corrected chi connectivity index (χ3v) is 4.57. The molecule has 20 heavy (non-hydrogen) atoms. The molecule has 1 aliphatic carbocycles. The molecule has 0 unspecified atom stereocenters. The van der Waals surface area contributed by atoms with E-state index in [1.807, 2.05) is 24.3 Å². The molecule has 1 amide bonds. The van der Waals surface area contributed by atoms with Gasteiger partial charge >= 0.3 is 0 Å². The average molecular weight is 342 g/mol. The second kappa shape index (κ2) is 5.47. The highest BCUT2D eigenvalue weighted by Crippen LogP contribution is 2.53. The van der Waals surface area contributed by atoms with Crippen LogP contribution in [0.25, 0.3) is 0 Å². The second-order valence-corrected chi connectivity index (χ2v) is 6.38. The molecule has 0 bridgehead atoms. The van der Waals surface area contributed by atoms with Gasteiger partial charge in [-0.15, -0.1) is 0 Å². The minimum atomic E-state index is -0.659. The number of ether oxygens (including phenoxy) is 2.